The van der Waals surface area contributed by atoms with Gasteiger partial charge in [-0.1, -0.05) is 18.2 Å². The average molecular weight is 217 g/mol. The molecule has 0 aliphatic carbocycles. The molecule has 1 heterocycles. The first-order valence-corrected chi connectivity index (χ1v) is 5.29. The molecule has 0 aliphatic heterocycles. The zero-order valence-electron chi connectivity index (χ0n) is 9.53. The van der Waals surface area contributed by atoms with Gasteiger partial charge in [-0.3, -0.25) is 9.48 Å². The van der Waals surface area contributed by atoms with Gasteiger partial charge in [0.15, 0.2) is 5.78 Å². The van der Waals surface area contributed by atoms with E-state index in [0.29, 0.717) is 13.0 Å². The van der Waals surface area contributed by atoms with E-state index >= 15 is 0 Å². The van der Waals surface area contributed by atoms with Gasteiger partial charge in [-0.2, -0.15) is 5.10 Å². The van der Waals surface area contributed by atoms with Crippen LogP contribution >= 0.6 is 0 Å². The van der Waals surface area contributed by atoms with Crippen LogP contribution in [-0.4, -0.2) is 29.2 Å². The summed E-state index contributed by atoms with van der Waals surface area (Å²) in [6.45, 7) is 0.394. The zero-order valence-corrected chi connectivity index (χ0v) is 9.53. The maximum absolute atomic E-state index is 11.6. The molecule has 4 heteroatoms. The Hall–Kier alpha value is -1.68. The van der Waals surface area contributed by atoms with Gasteiger partial charge in [0.1, 0.15) is 0 Å². The molecule has 16 heavy (non-hydrogen) atoms. The molecule has 0 unspecified atom stereocenters. The highest BCUT2D eigenvalue weighted by molar-refractivity contribution is 5.89. The van der Waals surface area contributed by atoms with Crippen LogP contribution < -0.4 is 5.32 Å². The molecule has 0 fully saturated rings. The topological polar surface area (TPSA) is 46.9 Å². The first-order chi connectivity index (χ1) is 7.72. The van der Waals surface area contributed by atoms with Gasteiger partial charge < -0.3 is 5.32 Å². The van der Waals surface area contributed by atoms with Crippen molar-refractivity contribution in [3.05, 3.63) is 30.0 Å². The molecule has 2 rings (SSSR count). The number of likely N-dealkylation sites (N-methyl/N-ethyl adjacent to an activating group) is 1. The number of hydrogen-bond acceptors (Lipinski definition) is 3. The lowest BCUT2D eigenvalue weighted by Crippen LogP contribution is -2.20. The van der Waals surface area contributed by atoms with E-state index in [4.69, 9.17) is 0 Å². The second-order valence-corrected chi connectivity index (χ2v) is 3.83. The molecule has 1 aromatic carbocycles. The summed E-state index contributed by atoms with van der Waals surface area (Å²) >= 11 is 0. The van der Waals surface area contributed by atoms with Crippen LogP contribution in [0.15, 0.2) is 24.3 Å². The van der Waals surface area contributed by atoms with Crippen molar-refractivity contribution in [2.75, 3.05) is 13.6 Å². The van der Waals surface area contributed by atoms with Crippen molar-refractivity contribution in [1.82, 2.24) is 15.1 Å². The lowest BCUT2D eigenvalue weighted by atomic mass is 10.1. The molecule has 0 amide bonds. The Morgan fingerprint density at radius 2 is 2.19 bits per heavy atom. The van der Waals surface area contributed by atoms with E-state index in [-0.39, 0.29) is 5.78 Å². The molecule has 4 nitrogen and oxygen atoms in total. The monoisotopic (exact) mass is 217 g/mol. The van der Waals surface area contributed by atoms with Gasteiger partial charge >= 0.3 is 0 Å². The maximum Gasteiger partial charge on any atom is 0.152 e. The normalized spacial score (nSPS) is 10.9. The highest BCUT2D eigenvalue weighted by Crippen LogP contribution is 2.17. The quantitative estimate of drug-likeness (QED) is 0.828. The number of carbonyl (C=O) groups excluding carboxylic acids is 1. The van der Waals surface area contributed by atoms with E-state index in [1.54, 1.807) is 7.05 Å². The first-order valence-electron chi connectivity index (χ1n) is 5.29. The summed E-state index contributed by atoms with van der Waals surface area (Å²) in [5.41, 5.74) is 1.92. The second-order valence-electron chi connectivity index (χ2n) is 3.83. The van der Waals surface area contributed by atoms with Crippen LogP contribution in [0, 0.1) is 0 Å². The SMILES string of the molecule is CNCC(=O)Cc1nn(C)c2ccccc12. The van der Waals surface area contributed by atoms with Crippen molar-refractivity contribution in [3.8, 4) is 0 Å². The van der Waals surface area contributed by atoms with Gasteiger partial charge in [0.05, 0.1) is 24.2 Å². The fraction of sp³-hybridized carbons (Fsp3) is 0.333. The molecule has 1 N–H and O–H groups in total. The first kappa shape index (κ1) is 10.8. The Labute approximate surface area is 94.3 Å². The molecule has 0 saturated heterocycles. The molecule has 84 valence electrons. The predicted molar refractivity (Wildman–Crippen MR) is 63.4 cm³/mol. The number of rotatable bonds is 4. The van der Waals surface area contributed by atoms with Crippen LogP contribution in [0.4, 0.5) is 0 Å². The van der Waals surface area contributed by atoms with Crippen molar-refractivity contribution < 1.29 is 4.79 Å². The van der Waals surface area contributed by atoms with Crippen LogP contribution in [0.5, 0.6) is 0 Å². The molecule has 2 aromatic rings. The van der Waals surface area contributed by atoms with Crippen LogP contribution in [-0.2, 0) is 18.3 Å². The number of para-hydroxylation sites is 1. The molecule has 0 spiro atoms. The summed E-state index contributed by atoms with van der Waals surface area (Å²) in [5.74, 6) is 0.159. The van der Waals surface area contributed by atoms with E-state index in [2.05, 4.69) is 10.4 Å². The maximum atomic E-state index is 11.6. The number of carbonyl (C=O) groups is 1. The van der Waals surface area contributed by atoms with Crippen molar-refractivity contribution in [2.45, 2.75) is 6.42 Å². The molecule has 0 saturated carbocycles. The Morgan fingerprint density at radius 1 is 1.44 bits per heavy atom. The van der Waals surface area contributed by atoms with E-state index in [1.165, 1.54) is 0 Å². The third-order valence-electron chi connectivity index (χ3n) is 2.57. The lowest BCUT2D eigenvalue weighted by Gasteiger charge is -1.97. The molecular formula is C12H15N3O. The molecule has 0 radical (unpaired) electrons. The smallest absolute Gasteiger partial charge is 0.152 e. The van der Waals surface area contributed by atoms with Crippen molar-refractivity contribution in [3.63, 3.8) is 0 Å². The van der Waals surface area contributed by atoms with Crippen LogP contribution in [0.1, 0.15) is 5.69 Å². The highest BCUT2D eigenvalue weighted by atomic mass is 16.1. The van der Waals surface area contributed by atoms with Crippen molar-refractivity contribution >= 4 is 16.7 Å². The standard InChI is InChI=1S/C12H15N3O/c1-13-8-9(16)7-11-10-5-3-4-6-12(10)15(2)14-11/h3-6,13H,7-8H2,1-2H3. The van der Waals surface area contributed by atoms with E-state index < -0.39 is 0 Å². The number of hydrogen-bond donors (Lipinski definition) is 1. The van der Waals surface area contributed by atoms with Gasteiger partial charge in [-0.25, -0.2) is 0 Å². The fourth-order valence-electron chi connectivity index (χ4n) is 1.87. The number of nitrogens with zero attached hydrogens (tertiary/aromatic N) is 2. The number of nitrogens with one attached hydrogen (secondary N) is 1. The Morgan fingerprint density at radius 3 is 2.94 bits per heavy atom. The number of benzene rings is 1. The Bertz CT molecular complexity index is 516. The number of aryl methyl sites for hydroxylation is 1. The molecule has 0 atom stereocenters. The van der Waals surface area contributed by atoms with Crippen molar-refractivity contribution in [1.29, 1.82) is 0 Å². The van der Waals surface area contributed by atoms with Crippen LogP contribution in [0.2, 0.25) is 0 Å². The minimum atomic E-state index is 0.159. The summed E-state index contributed by atoms with van der Waals surface area (Å²) in [6, 6.07) is 7.96. The summed E-state index contributed by atoms with van der Waals surface area (Å²) < 4.78 is 1.82. The minimum absolute atomic E-state index is 0.159. The third-order valence-corrected chi connectivity index (χ3v) is 2.57. The van der Waals surface area contributed by atoms with Gasteiger partial charge in [0.25, 0.3) is 0 Å². The molecule has 0 bridgehead atoms. The van der Waals surface area contributed by atoms with Crippen LogP contribution in [0.3, 0.4) is 0 Å². The van der Waals surface area contributed by atoms with Gasteiger partial charge in [0, 0.05) is 12.4 Å². The lowest BCUT2D eigenvalue weighted by molar-refractivity contribution is -0.117. The van der Waals surface area contributed by atoms with Gasteiger partial charge in [0.2, 0.25) is 0 Å². The number of Topliss-reactive ketones (excluding diaryl/α,β-unsaturated/α-hetero) is 1. The summed E-state index contributed by atoms with van der Waals surface area (Å²) in [7, 11) is 3.67. The Kier molecular flexibility index (Phi) is 3.01. The Balaban J connectivity index is 2.34. The highest BCUT2D eigenvalue weighted by Gasteiger charge is 2.11. The molecule has 0 aliphatic rings. The summed E-state index contributed by atoms with van der Waals surface area (Å²) in [4.78, 5) is 11.6. The largest absolute Gasteiger partial charge is 0.313 e. The summed E-state index contributed by atoms with van der Waals surface area (Å²) in [6.07, 6.45) is 0.391. The van der Waals surface area contributed by atoms with E-state index in [0.717, 1.165) is 16.6 Å². The third kappa shape index (κ3) is 1.97. The fourth-order valence-corrected chi connectivity index (χ4v) is 1.87. The predicted octanol–water partition coefficient (Wildman–Crippen LogP) is 0.904. The summed E-state index contributed by atoms with van der Waals surface area (Å²) in [5, 5.41) is 8.30. The number of fused-ring (bicyclic) bond motifs is 1. The molecule has 1 aromatic heterocycles. The zero-order chi connectivity index (χ0) is 11.5. The second kappa shape index (κ2) is 4.45. The van der Waals surface area contributed by atoms with Gasteiger partial charge in [-0.05, 0) is 13.1 Å². The average Bonchev–Trinajstić information content (AvgIpc) is 2.57. The van der Waals surface area contributed by atoms with E-state index in [1.807, 2.05) is 36.0 Å². The van der Waals surface area contributed by atoms with Crippen LogP contribution in [0.25, 0.3) is 10.9 Å². The van der Waals surface area contributed by atoms with Crippen molar-refractivity contribution in [2.24, 2.45) is 7.05 Å². The minimum Gasteiger partial charge on any atom is -0.313 e. The van der Waals surface area contributed by atoms with E-state index in [9.17, 15) is 4.79 Å². The molecular weight excluding hydrogens is 202 g/mol. The number of aromatic nitrogens is 2. The number of ketones is 1. The van der Waals surface area contributed by atoms with Gasteiger partial charge in [-0.15, -0.1) is 0 Å².